The van der Waals surface area contributed by atoms with Crippen LogP contribution in [0.25, 0.3) is 0 Å². The van der Waals surface area contributed by atoms with Crippen LogP contribution < -0.4 is 0 Å². The summed E-state index contributed by atoms with van der Waals surface area (Å²) >= 11 is 0. The number of ketones is 1. The molecule has 0 amide bonds. The highest BCUT2D eigenvalue weighted by atomic mass is 16.6. The fraction of sp³-hybridized carbons (Fsp3) is 0.462. The quantitative estimate of drug-likeness (QED) is 0.279. The van der Waals surface area contributed by atoms with Crippen molar-refractivity contribution in [2.24, 2.45) is 0 Å². The van der Waals surface area contributed by atoms with Crippen LogP contribution in [0.3, 0.4) is 0 Å². The minimum Gasteiger partial charge on any atom is -0.382 e. The van der Waals surface area contributed by atoms with Crippen molar-refractivity contribution in [3.05, 3.63) is 39.9 Å². The number of methoxy groups -OCH3 is 1. The van der Waals surface area contributed by atoms with Crippen LogP contribution >= 0.6 is 0 Å². The molecule has 0 aliphatic heterocycles. The standard InChI is InChI=1S/C13H17NO6/c1-18-6-7-19-8-9-20-10-13(15)11-2-4-12(5-3-11)14(16)17/h2-5H,6-10H2,1H3. The van der Waals surface area contributed by atoms with Crippen molar-refractivity contribution in [1.29, 1.82) is 0 Å². The van der Waals surface area contributed by atoms with E-state index in [1.165, 1.54) is 24.3 Å². The van der Waals surface area contributed by atoms with Gasteiger partial charge in [-0.15, -0.1) is 0 Å². The molecule has 1 rings (SSSR count). The fourth-order valence-electron chi connectivity index (χ4n) is 1.38. The van der Waals surface area contributed by atoms with E-state index in [0.29, 0.717) is 32.0 Å². The van der Waals surface area contributed by atoms with Gasteiger partial charge >= 0.3 is 0 Å². The van der Waals surface area contributed by atoms with E-state index >= 15 is 0 Å². The van der Waals surface area contributed by atoms with Crippen molar-refractivity contribution in [3.63, 3.8) is 0 Å². The Balaban J connectivity index is 2.24. The molecule has 0 saturated carbocycles. The van der Waals surface area contributed by atoms with Crippen molar-refractivity contribution in [2.45, 2.75) is 0 Å². The van der Waals surface area contributed by atoms with E-state index in [1.807, 2.05) is 0 Å². The largest absolute Gasteiger partial charge is 0.382 e. The average Bonchev–Trinajstić information content (AvgIpc) is 2.46. The molecule has 7 nitrogen and oxygen atoms in total. The van der Waals surface area contributed by atoms with Crippen molar-refractivity contribution in [3.8, 4) is 0 Å². The molecule has 0 N–H and O–H groups in total. The molecule has 0 saturated heterocycles. The van der Waals surface area contributed by atoms with Gasteiger partial charge < -0.3 is 14.2 Å². The Bertz CT molecular complexity index is 431. The highest BCUT2D eigenvalue weighted by Gasteiger charge is 2.09. The first-order valence-corrected chi connectivity index (χ1v) is 6.07. The van der Waals surface area contributed by atoms with Gasteiger partial charge in [0.25, 0.3) is 5.69 Å². The van der Waals surface area contributed by atoms with E-state index in [1.54, 1.807) is 7.11 Å². The summed E-state index contributed by atoms with van der Waals surface area (Å²) < 4.78 is 15.1. The van der Waals surface area contributed by atoms with Gasteiger partial charge in [-0.25, -0.2) is 0 Å². The Morgan fingerprint density at radius 2 is 1.70 bits per heavy atom. The topological polar surface area (TPSA) is 87.9 Å². The van der Waals surface area contributed by atoms with Crippen molar-refractivity contribution in [1.82, 2.24) is 0 Å². The van der Waals surface area contributed by atoms with Crippen molar-refractivity contribution in [2.75, 3.05) is 40.1 Å². The summed E-state index contributed by atoms with van der Waals surface area (Å²) in [6.07, 6.45) is 0. The van der Waals surface area contributed by atoms with E-state index < -0.39 is 4.92 Å². The molecule has 1 aromatic carbocycles. The number of nitro groups is 1. The number of hydrogen-bond acceptors (Lipinski definition) is 6. The maximum Gasteiger partial charge on any atom is 0.269 e. The molecule has 0 radical (unpaired) electrons. The minimum absolute atomic E-state index is 0.0472. The minimum atomic E-state index is -0.512. The fourth-order valence-corrected chi connectivity index (χ4v) is 1.38. The number of hydrogen-bond donors (Lipinski definition) is 0. The first kappa shape index (κ1) is 16.2. The highest BCUT2D eigenvalue weighted by molar-refractivity contribution is 5.97. The Morgan fingerprint density at radius 3 is 2.30 bits per heavy atom. The molecule has 0 bridgehead atoms. The maximum atomic E-state index is 11.7. The zero-order chi connectivity index (χ0) is 14.8. The lowest BCUT2D eigenvalue weighted by atomic mass is 10.1. The van der Waals surface area contributed by atoms with Crippen LogP contribution in [-0.4, -0.2) is 50.9 Å². The van der Waals surface area contributed by atoms with E-state index in [9.17, 15) is 14.9 Å². The molecule has 110 valence electrons. The first-order valence-electron chi connectivity index (χ1n) is 6.07. The van der Waals surface area contributed by atoms with Crippen LogP contribution in [-0.2, 0) is 14.2 Å². The molecule has 0 fully saturated rings. The number of benzene rings is 1. The third-order valence-corrected chi connectivity index (χ3v) is 2.44. The summed E-state index contributed by atoms with van der Waals surface area (Å²) in [7, 11) is 1.59. The predicted molar refractivity (Wildman–Crippen MR) is 70.9 cm³/mol. The second kappa shape index (κ2) is 9.13. The summed E-state index contributed by atoms with van der Waals surface area (Å²) in [5, 5.41) is 10.5. The van der Waals surface area contributed by atoms with Gasteiger partial charge in [0, 0.05) is 24.8 Å². The second-order valence-electron chi connectivity index (χ2n) is 3.88. The smallest absolute Gasteiger partial charge is 0.269 e. The molecule has 0 unspecified atom stereocenters. The van der Waals surface area contributed by atoms with E-state index in [2.05, 4.69) is 0 Å². The number of rotatable bonds is 10. The molecule has 0 atom stereocenters. The summed E-state index contributed by atoms with van der Waals surface area (Å²) in [5.74, 6) is -0.225. The summed E-state index contributed by atoms with van der Waals surface area (Å²) in [5.41, 5.74) is 0.338. The van der Waals surface area contributed by atoms with Gasteiger partial charge in [0.15, 0.2) is 5.78 Å². The third kappa shape index (κ3) is 5.87. The molecule has 0 spiro atoms. The number of ether oxygens (including phenoxy) is 3. The van der Waals surface area contributed by atoms with Gasteiger partial charge in [-0.05, 0) is 12.1 Å². The van der Waals surface area contributed by atoms with Crippen LogP contribution in [0.1, 0.15) is 10.4 Å². The molecule has 1 aromatic rings. The molecular weight excluding hydrogens is 266 g/mol. The maximum absolute atomic E-state index is 11.7. The third-order valence-electron chi connectivity index (χ3n) is 2.44. The molecule has 0 aromatic heterocycles. The molecule has 7 heteroatoms. The lowest BCUT2D eigenvalue weighted by Gasteiger charge is -2.05. The zero-order valence-electron chi connectivity index (χ0n) is 11.2. The molecule has 0 aliphatic carbocycles. The Hall–Kier alpha value is -1.83. The van der Waals surface area contributed by atoms with Gasteiger partial charge in [0.2, 0.25) is 0 Å². The van der Waals surface area contributed by atoms with Crippen LogP contribution in [0.2, 0.25) is 0 Å². The normalized spacial score (nSPS) is 10.4. The lowest BCUT2D eigenvalue weighted by molar-refractivity contribution is -0.384. The van der Waals surface area contributed by atoms with Gasteiger partial charge in [-0.2, -0.15) is 0 Å². The van der Waals surface area contributed by atoms with Crippen LogP contribution in [0, 0.1) is 10.1 Å². The Kier molecular flexibility index (Phi) is 7.41. The van der Waals surface area contributed by atoms with Gasteiger partial charge in [-0.1, -0.05) is 0 Å². The van der Waals surface area contributed by atoms with Crippen molar-refractivity contribution >= 4 is 11.5 Å². The second-order valence-corrected chi connectivity index (χ2v) is 3.88. The van der Waals surface area contributed by atoms with E-state index in [4.69, 9.17) is 14.2 Å². The van der Waals surface area contributed by atoms with Crippen LogP contribution in [0.15, 0.2) is 24.3 Å². The predicted octanol–water partition coefficient (Wildman–Crippen LogP) is 1.46. The molecule has 0 heterocycles. The van der Waals surface area contributed by atoms with Crippen molar-refractivity contribution < 1.29 is 23.9 Å². The number of non-ortho nitro benzene ring substituents is 1. The molecule has 0 aliphatic rings. The van der Waals surface area contributed by atoms with E-state index in [0.717, 1.165) is 0 Å². The number of carbonyl (C=O) groups is 1. The number of nitrogens with zero attached hydrogens (tertiary/aromatic N) is 1. The monoisotopic (exact) mass is 283 g/mol. The number of nitro benzene ring substituents is 1. The zero-order valence-corrected chi connectivity index (χ0v) is 11.2. The first-order chi connectivity index (χ1) is 9.65. The van der Waals surface area contributed by atoms with Gasteiger partial charge in [0.1, 0.15) is 6.61 Å². The summed E-state index contributed by atoms with van der Waals surface area (Å²) in [4.78, 5) is 21.7. The lowest BCUT2D eigenvalue weighted by Crippen LogP contribution is -2.13. The van der Waals surface area contributed by atoms with Crippen LogP contribution in [0.5, 0.6) is 0 Å². The number of carbonyl (C=O) groups excluding carboxylic acids is 1. The van der Waals surface area contributed by atoms with Gasteiger partial charge in [0.05, 0.1) is 31.4 Å². The molecular formula is C13H17NO6. The highest BCUT2D eigenvalue weighted by Crippen LogP contribution is 2.12. The molecule has 20 heavy (non-hydrogen) atoms. The van der Waals surface area contributed by atoms with Gasteiger partial charge in [-0.3, -0.25) is 14.9 Å². The summed E-state index contributed by atoms with van der Waals surface area (Å²) in [6.45, 7) is 1.61. The number of Topliss-reactive ketones (excluding diaryl/α,β-unsaturated/α-hetero) is 1. The average molecular weight is 283 g/mol. The summed E-state index contributed by atoms with van der Waals surface area (Å²) in [6, 6.07) is 5.42. The van der Waals surface area contributed by atoms with Crippen LogP contribution in [0.4, 0.5) is 5.69 Å². The van der Waals surface area contributed by atoms with E-state index in [-0.39, 0.29) is 18.1 Å². The SMILES string of the molecule is COCCOCCOCC(=O)c1ccc([N+](=O)[O-])cc1. The Labute approximate surface area is 116 Å². The Morgan fingerprint density at radius 1 is 1.10 bits per heavy atom.